The molecule has 0 aliphatic heterocycles. The van der Waals surface area contributed by atoms with Gasteiger partial charge in [0.15, 0.2) is 17.4 Å². The van der Waals surface area contributed by atoms with E-state index >= 15 is 0 Å². The summed E-state index contributed by atoms with van der Waals surface area (Å²) in [5, 5.41) is 0. The van der Waals surface area contributed by atoms with Crippen LogP contribution in [-0.2, 0) is 4.74 Å². The van der Waals surface area contributed by atoms with Crippen molar-refractivity contribution in [2.75, 3.05) is 13.2 Å². The average molecular weight is 442 g/mol. The summed E-state index contributed by atoms with van der Waals surface area (Å²) in [5.41, 5.74) is 2.05. The molecule has 1 aromatic carbocycles. The van der Waals surface area contributed by atoms with Gasteiger partial charge in [0.25, 0.3) is 0 Å². The topological polar surface area (TPSA) is 35.5 Å². The van der Waals surface area contributed by atoms with Gasteiger partial charge in [0.05, 0.1) is 6.61 Å². The standard InChI is InChI=1S/C24H30F4O3/c1-6-30-24(29)18-19(25)21(27)23(22(28)20(18)26)31-14-13-17(5)12-8-11-16(4)10-7-9-15(2)3/h9,11,13H,6-8,10,12,14H2,1-5H3/b16-11+,17-13+. The molecule has 3 nitrogen and oxygen atoms in total. The van der Waals surface area contributed by atoms with Gasteiger partial charge in [-0.15, -0.1) is 0 Å². The highest BCUT2D eigenvalue weighted by molar-refractivity contribution is 5.90. The summed E-state index contributed by atoms with van der Waals surface area (Å²) in [6.07, 6.45) is 9.38. The van der Waals surface area contributed by atoms with Gasteiger partial charge in [-0.2, -0.15) is 8.78 Å². The van der Waals surface area contributed by atoms with Gasteiger partial charge >= 0.3 is 5.97 Å². The maximum atomic E-state index is 14.1. The number of allylic oxidation sites excluding steroid dienone is 5. The molecule has 0 radical (unpaired) electrons. The zero-order valence-electron chi connectivity index (χ0n) is 18.7. The molecule has 0 bridgehead atoms. The van der Waals surface area contributed by atoms with Crippen LogP contribution in [0.3, 0.4) is 0 Å². The molecule has 0 amide bonds. The van der Waals surface area contributed by atoms with Crippen molar-refractivity contribution in [1.82, 2.24) is 0 Å². The molecule has 0 fully saturated rings. The van der Waals surface area contributed by atoms with Crippen molar-refractivity contribution in [3.8, 4) is 5.75 Å². The zero-order chi connectivity index (χ0) is 23.6. The van der Waals surface area contributed by atoms with E-state index in [1.807, 2.05) is 6.92 Å². The first-order chi connectivity index (χ1) is 14.6. The van der Waals surface area contributed by atoms with Crippen LogP contribution in [0.2, 0.25) is 0 Å². The molecule has 1 aromatic rings. The van der Waals surface area contributed by atoms with Crippen molar-refractivity contribution in [1.29, 1.82) is 0 Å². The zero-order valence-corrected chi connectivity index (χ0v) is 18.7. The number of esters is 1. The summed E-state index contributed by atoms with van der Waals surface area (Å²) in [6.45, 7) is 8.93. The minimum Gasteiger partial charge on any atom is -0.483 e. The Morgan fingerprint density at radius 1 is 0.806 bits per heavy atom. The van der Waals surface area contributed by atoms with Crippen molar-refractivity contribution >= 4 is 5.97 Å². The lowest BCUT2D eigenvalue weighted by molar-refractivity contribution is 0.0511. The van der Waals surface area contributed by atoms with Gasteiger partial charge < -0.3 is 9.47 Å². The highest BCUT2D eigenvalue weighted by Gasteiger charge is 2.31. The second kappa shape index (κ2) is 13.0. The van der Waals surface area contributed by atoms with Crippen molar-refractivity contribution in [3.05, 3.63) is 63.8 Å². The summed E-state index contributed by atoms with van der Waals surface area (Å²) >= 11 is 0. The highest BCUT2D eigenvalue weighted by Crippen LogP contribution is 2.30. The van der Waals surface area contributed by atoms with Gasteiger partial charge in [-0.3, -0.25) is 0 Å². The molecule has 0 aromatic heterocycles. The van der Waals surface area contributed by atoms with Crippen LogP contribution in [0, 0.1) is 23.3 Å². The molecule has 0 heterocycles. The van der Waals surface area contributed by atoms with Gasteiger partial charge in [-0.25, -0.2) is 13.6 Å². The minimum absolute atomic E-state index is 0.201. The molecule has 0 N–H and O–H groups in total. The van der Waals surface area contributed by atoms with Gasteiger partial charge in [0.2, 0.25) is 11.6 Å². The largest absolute Gasteiger partial charge is 0.483 e. The third-order valence-corrected chi connectivity index (χ3v) is 4.48. The molecular formula is C24H30F4O3. The first-order valence-electron chi connectivity index (χ1n) is 10.2. The molecule has 0 atom stereocenters. The van der Waals surface area contributed by atoms with Crippen molar-refractivity contribution < 1.29 is 31.8 Å². The predicted octanol–water partition coefficient (Wildman–Crippen LogP) is 7.22. The van der Waals surface area contributed by atoms with Crippen LogP contribution in [0.15, 0.2) is 34.9 Å². The number of hydrogen-bond donors (Lipinski definition) is 0. The van der Waals surface area contributed by atoms with Crippen LogP contribution in [0.25, 0.3) is 0 Å². The van der Waals surface area contributed by atoms with Crippen LogP contribution in [0.4, 0.5) is 17.6 Å². The van der Waals surface area contributed by atoms with Gasteiger partial charge in [-0.1, -0.05) is 28.9 Å². The molecule has 0 aliphatic carbocycles. The number of hydrogen-bond acceptors (Lipinski definition) is 3. The third-order valence-electron chi connectivity index (χ3n) is 4.48. The fourth-order valence-corrected chi connectivity index (χ4v) is 2.73. The van der Waals surface area contributed by atoms with Crippen molar-refractivity contribution in [2.24, 2.45) is 0 Å². The lowest BCUT2D eigenvalue weighted by Crippen LogP contribution is -2.15. The average Bonchev–Trinajstić information content (AvgIpc) is 2.69. The highest BCUT2D eigenvalue weighted by atomic mass is 19.2. The summed E-state index contributed by atoms with van der Waals surface area (Å²) in [5.74, 6) is -9.93. The molecule has 172 valence electrons. The number of ether oxygens (including phenoxy) is 2. The van der Waals surface area contributed by atoms with E-state index in [0.717, 1.165) is 24.8 Å². The Morgan fingerprint density at radius 3 is 1.84 bits per heavy atom. The second-order valence-electron chi connectivity index (χ2n) is 7.45. The predicted molar refractivity (Wildman–Crippen MR) is 113 cm³/mol. The molecule has 0 saturated heterocycles. The molecule has 1 rings (SSSR count). The molecule has 0 aliphatic rings. The van der Waals surface area contributed by atoms with Gasteiger partial charge in [0, 0.05) is 0 Å². The fourth-order valence-electron chi connectivity index (χ4n) is 2.73. The number of benzene rings is 1. The van der Waals surface area contributed by atoms with Crippen molar-refractivity contribution in [3.63, 3.8) is 0 Å². The number of halogens is 4. The molecule has 7 heteroatoms. The summed E-state index contributed by atoms with van der Waals surface area (Å²) in [4.78, 5) is 11.5. The summed E-state index contributed by atoms with van der Waals surface area (Å²) in [7, 11) is 0. The third kappa shape index (κ3) is 8.23. The van der Waals surface area contributed by atoms with E-state index in [9.17, 15) is 22.4 Å². The van der Waals surface area contributed by atoms with Crippen LogP contribution in [-0.4, -0.2) is 19.2 Å². The van der Waals surface area contributed by atoms with Crippen LogP contribution in [0.5, 0.6) is 5.75 Å². The normalized spacial score (nSPS) is 12.0. The summed E-state index contributed by atoms with van der Waals surface area (Å²) < 4.78 is 65.7. The monoisotopic (exact) mass is 442 g/mol. The van der Waals surface area contributed by atoms with Gasteiger partial charge in [0.1, 0.15) is 12.2 Å². The lowest BCUT2D eigenvalue weighted by atomic mass is 10.1. The van der Waals surface area contributed by atoms with Crippen LogP contribution in [0.1, 0.15) is 70.7 Å². The Bertz CT molecular complexity index is 837. The Balaban J connectivity index is 2.73. The number of carbonyl (C=O) groups excluding carboxylic acids is 1. The first kappa shape index (κ1) is 26.5. The Hall–Kier alpha value is -2.57. The molecule has 0 spiro atoms. The van der Waals surface area contributed by atoms with Crippen LogP contribution < -0.4 is 4.74 Å². The van der Waals surface area contributed by atoms with Crippen molar-refractivity contribution in [2.45, 2.75) is 60.3 Å². The lowest BCUT2D eigenvalue weighted by Gasteiger charge is -2.12. The maximum Gasteiger partial charge on any atom is 0.344 e. The minimum atomic E-state index is -1.85. The summed E-state index contributed by atoms with van der Waals surface area (Å²) in [6, 6.07) is 0. The van der Waals surface area contributed by atoms with Crippen LogP contribution >= 0.6 is 0 Å². The Morgan fingerprint density at radius 2 is 1.32 bits per heavy atom. The fraction of sp³-hybridized carbons (Fsp3) is 0.458. The number of rotatable bonds is 11. The van der Waals surface area contributed by atoms with Gasteiger partial charge in [-0.05, 0) is 66.4 Å². The first-order valence-corrected chi connectivity index (χ1v) is 10.2. The molecule has 0 unspecified atom stereocenters. The van der Waals surface area contributed by atoms with E-state index in [4.69, 9.17) is 4.74 Å². The number of carbonyl (C=O) groups is 1. The molecule has 0 saturated carbocycles. The van der Waals surface area contributed by atoms with E-state index < -0.39 is 40.6 Å². The van der Waals surface area contributed by atoms with E-state index in [-0.39, 0.29) is 13.2 Å². The van der Waals surface area contributed by atoms with E-state index in [0.29, 0.717) is 6.42 Å². The van der Waals surface area contributed by atoms with E-state index in [2.05, 4.69) is 37.7 Å². The van der Waals surface area contributed by atoms with E-state index in [1.54, 1.807) is 6.08 Å². The maximum absolute atomic E-state index is 14.1. The smallest absolute Gasteiger partial charge is 0.344 e. The SMILES string of the molecule is CCOC(=O)c1c(F)c(F)c(OC/C=C(\C)CC/C=C(\C)CCC=C(C)C)c(F)c1F. The quantitative estimate of drug-likeness (QED) is 0.157. The second-order valence-corrected chi connectivity index (χ2v) is 7.45. The molecule has 31 heavy (non-hydrogen) atoms. The Kier molecular flexibility index (Phi) is 11.1. The molecular weight excluding hydrogens is 412 g/mol. The van der Waals surface area contributed by atoms with E-state index in [1.165, 1.54) is 18.1 Å². The Labute approximate surface area is 181 Å².